The highest BCUT2D eigenvalue weighted by Gasteiger charge is 2.44. The van der Waals surface area contributed by atoms with E-state index in [2.05, 4.69) is 4.72 Å². The lowest BCUT2D eigenvalue weighted by Crippen LogP contribution is -2.39. The fourth-order valence-electron chi connectivity index (χ4n) is 3.29. The van der Waals surface area contributed by atoms with E-state index in [-0.39, 0.29) is 19.0 Å². The van der Waals surface area contributed by atoms with Gasteiger partial charge in [0.15, 0.2) is 11.5 Å². The minimum atomic E-state index is -3.75. The first-order valence-corrected chi connectivity index (χ1v) is 10.2. The molecular formula is C19H23FN2O5S. The number of nitrogens with zero attached hydrogens (tertiary/aromatic N) is 1. The highest BCUT2D eigenvalue weighted by molar-refractivity contribution is 7.90. The molecule has 0 bridgehead atoms. The van der Waals surface area contributed by atoms with E-state index in [0.717, 1.165) is 0 Å². The lowest BCUT2D eigenvalue weighted by atomic mass is 10.0. The zero-order valence-electron chi connectivity index (χ0n) is 15.9. The van der Waals surface area contributed by atoms with Crippen molar-refractivity contribution in [1.82, 2.24) is 9.79 Å². The highest BCUT2D eigenvalue weighted by atomic mass is 32.2. The van der Waals surface area contributed by atoms with E-state index >= 15 is 0 Å². The maximum atomic E-state index is 13.0. The predicted octanol–water partition coefficient (Wildman–Crippen LogP) is 2.25. The van der Waals surface area contributed by atoms with Crippen LogP contribution in [-0.2, 0) is 21.4 Å². The largest absolute Gasteiger partial charge is 0.493 e. The summed E-state index contributed by atoms with van der Waals surface area (Å²) in [6.07, 6.45) is 0. The van der Waals surface area contributed by atoms with Gasteiger partial charge in [0.2, 0.25) is 10.0 Å². The molecule has 0 amide bonds. The lowest BCUT2D eigenvalue weighted by molar-refractivity contribution is -0.110. The number of hydrogen-bond acceptors (Lipinski definition) is 6. The topological polar surface area (TPSA) is 77.1 Å². The van der Waals surface area contributed by atoms with Gasteiger partial charge in [-0.3, -0.25) is 4.84 Å². The van der Waals surface area contributed by atoms with E-state index in [1.54, 1.807) is 25.2 Å². The van der Waals surface area contributed by atoms with Crippen LogP contribution in [0, 0.1) is 5.82 Å². The summed E-state index contributed by atoms with van der Waals surface area (Å²) >= 11 is 0. The van der Waals surface area contributed by atoms with Crippen molar-refractivity contribution >= 4 is 10.0 Å². The molecule has 1 saturated heterocycles. The molecule has 0 saturated carbocycles. The predicted molar refractivity (Wildman–Crippen MR) is 102 cm³/mol. The Labute approximate surface area is 164 Å². The molecule has 152 valence electrons. The molecule has 1 N–H and O–H groups in total. The number of hydrogen-bond donors (Lipinski definition) is 1. The van der Waals surface area contributed by atoms with Crippen LogP contribution in [0.5, 0.6) is 11.5 Å². The van der Waals surface area contributed by atoms with Gasteiger partial charge in [0, 0.05) is 19.2 Å². The van der Waals surface area contributed by atoms with Crippen LogP contribution in [-0.4, -0.2) is 46.6 Å². The first-order chi connectivity index (χ1) is 13.4. The summed E-state index contributed by atoms with van der Waals surface area (Å²) in [5.41, 5.74) is 1.31. The Morgan fingerprint density at radius 2 is 1.89 bits per heavy atom. The quantitative estimate of drug-likeness (QED) is 0.755. The third kappa shape index (κ3) is 4.12. The molecule has 1 aliphatic rings. The molecule has 0 spiro atoms. The van der Waals surface area contributed by atoms with Gasteiger partial charge in [-0.15, -0.1) is 0 Å². The molecule has 2 atom stereocenters. The second kappa shape index (κ2) is 8.44. The minimum absolute atomic E-state index is 0.000280. The van der Waals surface area contributed by atoms with Crippen molar-refractivity contribution in [1.29, 1.82) is 0 Å². The van der Waals surface area contributed by atoms with Crippen LogP contribution in [0.2, 0.25) is 0 Å². The van der Waals surface area contributed by atoms with Crippen LogP contribution < -0.4 is 14.2 Å². The zero-order chi connectivity index (χ0) is 20.3. The molecule has 1 aliphatic heterocycles. The second-order valence-electron chi connectivity index (χ2n) is 6.40. The van der Waals surface area contributed by atoms with Gasteiger partial charge in [-0.25, -0.2) is 17.5 Å². The number of para-hydroxylation sites is 1. The van der Waals surface area contributed by atoms with Crippen LogP contribution in [0.25, 0.3) is 0 Å². The Kier molecular flexibility index (Phi) is 6.19. The third-order valence-electron chi connectivity index (χ3n) is 4.73. The summed E-state index contributed by atoms with van der Waals surface area (Å²) in [6.45, 7) is 0.0606. The van der Waals surface area contributed by atoms with Gasteiger partial charge in [-0.05, 0) is 23.8 Å². The molecule has 0 aliphatic carbocycles. The van der Waals surface area contributed by atoms with Gasteiger partial charge in [0.25, 0.3) is 0 Å². The van der Waals surface area contributed by atoms with E-state index in [0.29, 0.717) is 22.6 Å². The van der Waals surface area contributed by atoms with Crippen LogP contribution in [0.4, 0.5) is 4.39 Å². The van der Waals surface area contributed by atoms with Crippen molar-refractivity contribution in [3.8, 4) is 11.5 Å². The Bertz CT molecular complexity index is 920. The van der Waals surface area contributed by atoms with Gasteiger partial charge >= 0.3 is 0 Å². The van der Waals surface area contributed by atoms with Crippen molar-refractivity contribution in [3.05, 3.63) is 59.4 Å². The number of benzene rings is 2. The number of rotatable bonds is 7. The van der Waals surface area contributed by atoms with Gasteiger partial charge in [-0.2, -0.15) is 5.06 Å². The zero-order valence-corrected chi connectivity index (χ0v) is 16.7. The molecule has 1 heterocycles. The average Bonchev–Trinajstić information content (AvgIpc) is 3.09. The molecule has 2 aromatic rings. The minimum Gasteiger partial charge on any atom is -0.493 e. The van der Waals surface area contributed by atoms with Crippen molar-refractivity contribution in [3.63, 3.8) is 0 Å². The Balaban J connectivity index is 1.87. The molecular weight excluding hydrogens is 387 g/mol. The lowest BCUT2D eigenvalue weighted by Gasteiger charge is -2.25. The number of nitrogens with one attached hydrogen (secondary N) is 1. The van der Waals surface area contributed by atoms with Crippen molar-refractivity contribution < 1.29 is 27.1 Å². The van der Waals surface area contributed by atoms with Crippen LogP contribution in [0.1, 0.15) is 17.2 Å². The van der Waals surface area contributed by atoms with Crippen molar-refractivity contribution in [2.45, 2.75) is 17.8 Å². The van der Waals surface area contributed by atoms with Crippen molar-refractivity contribution in [2.75, 3.05) is 27.9 Å². The number of hydroxylamine groups is 2. The summed E-state index contributed by atoms with van der Waals surface area (Å²) in [6, 6.07) is 10.4. The van der Waals surface area contributed by atoms with Crippen LogP contribution >= 0.6 is 0 Å². The van der Waals surface area contributed by atoms with Gasteiger partial charge in [0.05, 0.1) is 26.9 Å². The molecule has 28 heavy (non-hydrogen) atoms. The van der Waals surface area contributed by atoms with E-state index < -0.39 is 21.3 Å². The number of halogens is 1. The first-order valence-electron chi connectivity index (χ1n) is 8.67. The van der Waals surface area contributed by atoms with Crippen molar-refractivity contribution in [2.24, 2.45) is 0 Å². The number of sulfonamides is 1. The Morgan fingerprint density at radius 3 is 2.54 bits per heavy atom. The summed E-state index contributed by atoms with van der Waals surface area (Å²) in [7, 11) is 0.960. The molecule has 0 aromatic heterocycles. The summed E-state index contributed by atoms with van der Waals surface area (Å²) < 4.78 is 52.4. The molecule has 0 radical (unpaired) electrons. The molecule has 9 heteroatoms. The van der Waals surface area contributed by atoms with E-state index in [1.807, 2.05) is 0 Å². The first kappa shape index (κ1) is 20.5. The SMILES string of the molecule is COc1cccc([C@@H]2[C@@H](S(=O)(=O)NCc3ccc(F)cc3)CON2C)c1OC. The van der Waals surface area contributed by atoms with Crippen LogP contribution in [0.15, 0.2) is 42.5 Å². The van der Waals surface area contributed by atoms with E-state index in [1.165, 1.54) is 43.5 Å². The smallest absolute Gasteiger partial charge is 0.219 e. The standard InChI is InChI=1S/C19H23FN2O5S/c1-22-18(15-5-4-6-16(25-2)19(15)26-3)17(12-27-22)28(23,24)21-11-13-7-9-14(20)10-8-13/h4-10,17-18,21H,11-12H2,1-3H3/t17-,18+/m0/s1. The molecule has 2 aromatic carbocycles. The van der Waals surface area contributed by atoms with Gasteiger partial charge < -0.3 is 9.47 Å². The molecule has 1 fully saturated rings. The summed E-state index contributed by atoms with van der Waals surface area (Å²) in [5.74, 6) is 0.601. The van der Waals surface area contributed by atoms with Gasteiger partial charge in [0.1, 0.15) is 11.1 Å². The van der Waals surface area contributed by atoms with E-state index in [4.69, 9.17) is 14.3 Å². The van der Waals surface area contributed by atoms with E-state index in [9.17, 15) is 12.8 Å². The Hall–Kier alpha value is -2.20. The monoisotopic (exact) mass is 410 g/mol. The summed E-state index contributed by atoms with van der Waals surface area (Å²) in [5, 5.41) is 0.651. The second-order valence-corrected chi connectivity index (χ2v) is 8.38. The highest BCUT2D eigenvalue weighted by Crippen LogP contribution is 2.42. The third-order valence-corrected chi connectivity index (χ3v) is 6.47. The fourth-order valence-corrected chi connectivity index (χ4v) is 4.77. The average molecular weight is 410 g/mol. The molecule has 7 nitrogen and oxygen atoms in total. The molecule has 3 rings (SSSR count). The Morgan fingerprint density at radius 1 is 1.18 bits per heavy atom. The number of ether oxygens (including phenoxy) is 2. The maximum Gasteiger partial charge on any atom is 0.219 e. The normalized spacial score (nSPS) is 20.3. The molecule has 0 unspecified atom stereocenters. The van der Waals surface area contributed by atoms with Gasteiger partial charge in [-0.1, -0.05) is 24.3 Å². The summed E-state index contributed by atoms with van der Waals surface area (Å²) in [4.78, 5) is 5.53. The van der Waals surface area contributed by atoms with Crippen LogP contribution in [0.3, 0.4) is 0 Å². The maximum absolute atomic E-state index is 13.0. The fraction of sp³-hybridized carbons (Fsp3) is 0.368. The number of methoxy groups -OCH3 is 2.